The third-order valence-corrected chi connectivity index (χ3v) is 2.07. The Hall–Kier alpha value is -1.12. The van der Waals surface area contributed by atoms with Gasteiger partial charge >= 0.3 is 0 Å². The van der Waals surface area contributed by atoms with Crippen molar-refractivity contribution in [3.63, 3.8) is 0 Å². The fourth-order valence-corrected chi connectivity index (χ4v) is 1.13. The molecule has 0 aliphatic heterocycles. The fourth-order valence-electron chi connectivity index (χ4n) is 1.13. The number of aliphatic imine (C=N–C) groups is 1. The van der Waals surface area contributed by atoms with Crippen molar-refractivity contribution < 1.29 is 4.79 Å². The van der Waals surface area contributed by atoms with Crippen LogP contribution in [-0.4, -0.2) is 11.7 Å². The highest BCUT2D eigenvalue weighted by molar-refractivity contribution is 5.99. The van der Waals surface area contributed by atoms with Gasteiger partial charge < -0.3 is 5.32 Å². The summed E-state index contributed by atoms with van der Waals surface area (Å²) >= 11 is 0. The van der Waals surface area contributed by atoms with Gasteiger partial charge in [-0.05, 0) is 19.3 Å². The molecule has 16 heavy (non-hydrogen) atoms. The minimum absolute atomic E-state index is 0.0439. The van der Waals surface area contributed by atoms with Gasteiger partial charge in [0.1, 0.15) is 5.84 Å². The zero-order chi connectivity index (χ0) is 12.7. The van der Waals surface area contributed by atoms with E-state index in [9.17, 15) is 4.79 Å². The second kappa shape index (κ2) is 7.20. The third-order valence-electron chi connectivity index (χ3n) is 2.07. The van der Waals surface area contributed by atoms with Crippen molar-refractivity contribution in [2.45, 2.75) is 47.5 Å². The van der Waals surface area contributed by atoms with Crippen LogP contribution in [0.15, 0.2) is 17.3 Å². The zero-order valence-electron chi connectivity index (χ0n) is 11.1. The van der Waals surface area contributed by atoms with Gasteiger partial charge in [-0.25, -0.2) is 4.99 Å². The molecule has 0 bridgehead atoms. The normalized spacial score (nSPS) is 12.1. The lowest BCUT2D eigenvalue weighted by Crippen LogP contribution is -2.34. The standard InChI is InChI=1S/C13H24N2O/c1-9(2)7-8-12(16)15-13(10(3)4)14-11(5)6/h9-10H,5,7-8H2,1-4,6H3,(H,14,15,16). The van der Waals surface area contributed by atoms with E-state index in [-0.39, 0.29) is 11.8 Å². The molecule has 0 unspecified atom stereocenters. The molecule has 0 heterocycles. The highest BCUT2D eigenvalue weighted by Crippen LogP contribution is 2.04. The first-order chi connectivity index (χ1) is 7.32. The lowest BCUT2D eigenvalue weighted by Gasteiger charge is -2.12. The van der Waals surface area contributed by atoms with E-state index >= 15 is 0 Å². The summed E-state index contributed by atoms with van der Waals surface area (Å²) in [6.07, 6.45) is 1.46. The maximum absolute atomic E-state index is 11.6. The summed E-state index contributed by atoms with van der Waals surface area (Å²) in [5, 5.41) is 2.85. The van der Waals surface area contributed by atoms with E-state index in [2.05, 4.69) is 30.7 Å². The maximum atomic E-state index is 11.6. The number of nitrogens with one attached hydrogen (secondary N) is 1. The van der Waals surface area contributed by atoms with Crippen LogP contribution in [0.4, 0.5) is 0 Å². The number of rotatable bonds is 5. The summed E-state index contributed by atoms with van der Waals surface area (Å²) in [7, 11) is 0. The van der Waals surface area contributed by atoms with Crippen molar-refractivity contribution in [2.75, 3.05) is 0 Å². The molecule has 0 aromatic heterocycles. The summed E-state index contributed by atoms with van der Waals surface area (Å²) in [6, 6.07) is 0. The predicted molar refractivity (Wildman–Crippen MR) is 69.3 cm³/mol. The summed E-state index contributed by atoms with van der Waals surface area (Å²) < 4.78 is 0. The van der Waals surface area contributed by atoms with Crippen molar-refractivity contribution in [1.29, 1.82) is 0 Å². The quantitative estimate of drug-likeness (QED) is 0.565. The lowest BCUT2D eigenvalue weighted by atomic mass is 10.1. The first-order valence-electron chi connectivity index (χ1n) is 5.86. The summed E-state index contributed by atoms with van der Waals surface area (Å²) in [4.78, 5) is 15.9. The van der Waals surface area contributed by atoms with E-state index in [1.165, 1.54) is 0 Å². The van der Waals surface area contributed by atoms with Crippen LogP contribution in [0, 0.1) is 11.8 Å². The number of amides is 1. The molecule has 3 heteroatoms. The summed E-state index contributed by atoms with van der Waals surface area (Å²) in [5.74, 6) is 1.51. The second-order valence-corrected chi connectivity index (χ2v) is 4.87. The van der Waals surface area contributed by atoms with Crippen molar-refractivity contribution >= 4 is 11.7 Å². The van der Waals surface area contributed by atoms with Crippen LogP contribution in [-0.2, 0) is 4.79 Å². The number of hydrogen-bond acceptors (Lipinski definition) is 2. The molecule has 0 saturated heterocycles. The third kappa shape index (κ3) is 7.21. The van der Waals surface area contributed by atoms with Crippen molar-refractivity contribution in [1.82, 2.24) is 5.32 Å². The highest BCUT2D eigenvalue weighted by atomic mass is 16.1. The van der Waals surface area contributed by atoms with Crippen LogP contribution in [0.3, 0.4) is 0 Å². The van der Waals surface area contributed by atoms with Gasteiger partial charge in [-0.15, -0.1) is 0 Å². The molecule has 3 nitrogen and oxygen atoms in total. The molecule has 0 saturated carbocycles. The molecule has 0 atom stereocenters. The first-order valence-corrected chi connectivity index (χ1v) is 5.86. The van der Waals surface area contributed by atoms with E-state index < -0.39 is 0 Å². The fraction of sp³-hybridized carbons (Fsp3) is 0.692. The average molecular weight is 224 g/mol. The maximum Gasteiger partial charge on any atom is 0.225 e. The van der Waals surface area contributed by atoms with Crippen LogP contribution in [0.2, 0.25) is 0 Å². The molecule has 0 spiro atoms. The molecule has 1 N–H and O–H groups in total. The zero-order valence-corrected chi connectivity index (χ0v) is 11.1. The Morgan fingerprint density at radius 3 is 2.25 bits per heavy atom. The van der Waals surface area contributed by atoms with Crippen molar-refractivity contribution in [2.24, 2.45) is 16.8 Å². The lowest BCUT2D eigenvalue weighted by molar-refractivity contribution is -0.120. The van der Waals surface area contributed by atoms with E-state index in [0.717, 1.165) is 6.42 Å². The summed E-state index contributed by atoms with van der Waals surface area (Å²) in [5.41, 5.74) is 0.716. The van der Waals surface area contributed by atoms with Crippen LogP contribution in [0.25, 0.3) is 0 Å². The van der Waals surface area contributed by atoms with Crippen LogP contribution < -0.4 is 5.32 Å². The minimum atomic E-state index is 0.0439. The smallest absolute Gasteiger partial charge is 0.225 e. The molecule has 0 radical (unpaired) electrons. The number of nitrogens with zero attached hydrogens (tertiary/aromatic N) is 1. The van der Waals surface area contributed by atoms with E-state index in [0.29, 0.717) is 23.9 Å². The van der Waals surface area contributed by atoms with Gasteiger partial charge in [0.25, 0.3) is 0 Å². The Kier molecular flexibility index (Phi) is 6.70. The molecule has 0 aliphatic carbocycles. The SMILES string of the molecule is C=C(C)N=C(NC(=O)CCC(C)C)C(C)C. The van der Waals surface area contributed by atoms with E-state index in [4.69, 9.17) is 0 Å². The van der Waals surface area contributed by atoms with Gasteiger partial charge in [0.15, 0.2) is 0 Å². The van der Waals surface area contributed by atoms with Gasteiger partial charge in [-0.2, -0.15) is 0 Å². The first kappa shape index (κ1) is 14.9. The number of carbonyl (C=O) groups excluding carboxylic acids is 1. The Morgan fingerprint density at radius 2 is 1.88 bits per heavy atom. The van der Waals surface area contributed by atoms with Gasteiger partial charge in [0.2, 0.25) is 5.91 Å². The number of carbonyl (C=O) groups is 1. The number of hydrogen-bond donors (Lipinski definition) is 1. The Balaban J connectivity index is 4.31. The van der Waals surface area contributed by atoms with Crippen molar-refractivity contribution in [3.8, 4) is 0 Å². The summed E-state index contributed by atoms with van der Waals surface area (Å²) in [6.45, 7) is 13.8. The molecule has 0 fully saturated rings. The molecule has 0 aromatic rings. The Labute approximate surface area is 99.0 Å². The predicted octanol–water partition coefficient (Wildman–Crippen LogP) is 3.13. The molecule has 0 aliphatic rings. The number of allylic oxidation sites excluding steroid dienone is 1. The van der Waals surface area contributed by atoms with E-state index in [1.54, 1.807) is 0 Å². The molecular weight excluding hydrogens is 200 g/mol. The molecule has 92 valence electrons. The largest absolute Gasteiger partial charge is 0.314 e. The molecule has 0 aromatic carbocycles. The van der Waals surface area contributed by atoms with Crippen LogP contribution >= 0.6 is 0 Å². The van der Waals surface area contributed by atoms with Crippen LogP contribution in [0.5, 0.6) is 0 Å². The van der Waals surface area contributed by atoms with Crippen LogP contribution in [0.1, 0.15) is 47.5 Å². The highest BCUT2D eigenvalue weighted by Gasteiger charge is 2.10. The van der Waals surface area contributed by atoms with Gasteiger partial charge in [-0.1, -0.05) is 34.3 Å². The molecule has 0 rings (SSSR count). The van der Waals surface area contributed by atoms with Gasteiger partial charge in [-0.3, -0.25) is 4.79 Å². The topological polar surface area (TPSA) is 41.5 Å². The number of amidine groups is 1. The van der Waals surface area contributed by atoms with Gasteiger partial charge in [0.05, 0.1) is 0 Å². The average Bonchev–Trinajstić information content (AvgIpc) is 2.12. The Bertz CT molecular complexity index is 278. The Morgan fingerprint density at radius 1 is 1.31 bits per heavy atom. The monoisotopic (exact) mass is 224 g/mol. The van der Waals surface area contributed by atoms with Crippen molar-refractivity contribution in [3.05, 3.63) is 12.3 Å². The van der Waals surface area contributed by atoms with Gasteiger partial charge in [0, 0.05) is 18.0 Å². The second-order valence-electron chi connectivity index (χ2n) is 4.87. The van der Waals surface area contributed by atoms with E-state index in [1.807, 2.05) is 20.8 Å². The molecular formula is C13H24N2O. The minimum Gasteiger partial charge on any atom is -0.314 e. The molecule has 1 amide bonds.